The van der Waals surface area contributed by atoms with Gasteiger partial charge in [0.25, 0.3) is 5.69 Å². The van der Waals surface area contributed by atoms with Crippen molar-refractivity contribution in [2.24, 2.45) is 5.92 Å². The number of alkyl halides is 2. The molecule has 0 bridgehead atoms. The van der Waals surface area contributed by atoms with Crippen molar-refractivity contribution >= 4 is 35.0 Å². The van der Waals surface area contributed by atoms with Gasteiger partial charge in [-0.25, -0.2) is 4.79 Å². The summed E-state index contributed by atoms with van der Waals surface area (Å²) < 4.78 is 47.0. The lowest BCUT2D eigenvalue weighted by Crippen LogP contribution is -2.18. The Kier molecular flexibility index (Phi) is 8.80. The predicted molar refractivity (Wildman–Crippen MR) is 132 cm³/mol. The number of carbonyl (C=O) groups is 1. The molecule has 0 radical (unpaired) electrons. The maximum Gasteiger partial charge on any atom is 0.514 e. The van der Waals surface area contributed by atoms with Crippen LogP contribution < -0.4 is 14.2 Å². The van der Waals surface area contributed by atoms with E-state index in [2.05, 4.69) is 9.72 Å². The number of nitrogens with zero attached hydrogens (tertiary/aromatic N) is 2. The largest absolute Gasteiger partial charge is 0.514 e. The second-order valence-corrected chi connectivity index (χ2v) is 9.15. The summed E-state index contributed by atoms with van der Waals surface area (Å²) in [6.07, 6.45) is 2.50. The van der Waals surface area contributed by atoms with Crippen LogP contribution in [0.2, 0.25) is 10.0 Å². The molecule has 0 saturated heterocycles. The number of nitro groups is 1. The average molecular weight is 569 g/mol. The highest BCUT2D eigenvalue weighted by Gasteiger charge is 2.26. The van der Waals surface area contributed by atoms with Gasteiger partial charge in [-0.05, 0) is 54.2 Å². The molecule has 1 saturated carbocycles. The van der Waals surface area contributed by atoms with Crippen LogP contribution in [0.25, 0.3) is 0 Å². The van der Waals surface area contributed by atoms with Crippen molar-refractivity contribution in [2.75, 3.05) is 6.61 Å². The van der Waals surface area contributed by atoms with Crippen molar-refractivity contribution in [1.82, 2.24) is 4.98 Å². The Hall–Kier alpha value is -3.70. The van der Waals surface area contributed by atoms with E-state index in [-0.39, 0.29) is 39.4 Å². The fourth-order valence-electron chi connectivity index (χ4n) is 3.44. The summed E-state index contributed by atoms with van der Waals surface area (Å²) in [6, 6.07) is 8.99. The smallest absolute Gasteiger partial charge is 0.489 e. The molecule has 200 valence electrons. The Labute approximate surface area is 225 Å². The van der Waals surface area contributed by atoms with E-state index in [4.69, 9.17) is 37.4 Å². The quantitative estimate of drug-likeness (QED) is 0.103. The molecule has 0 spiro atoms. The Bertz CT molecular complexity index is 1290. The third-order valence-corrected chi connectivity index (χ3v) is 6.21. The lowest BCUT2D eigenvalue weighted by molar-refractivity contribution is -0.384. The van der Waals surface area contributed by atoms with Crippen LogP contribution >= 0.6 is 23.2 Å². The number of ether oxygens (including phenoxy) is 4. The normalized spacial score (nSPS) is 13.6. The first-order chi connectivity index (χ1) is 18.2. The van der Waals surface area contributed by atoms with Crippen molar-refractivity contribution in [3.05, 3.63) is 86.1 Å². The number of non-ortho nitro benzene ring substituents is 1. The van der Waals surface area contributed by atoms with Crippen LogP contribution in [-0.2, 0) is 11.2 Å². The van der Waals surface area contributed by atoms with E-state index >= 15 is 0 Å². The van der Waals surface area contributed by atoms with Gasteiger partial charge in [0, 0.05) is 30.9 Å². The summed E-state index contributed by atoms with van der Waals surface area (Å²) in [5.41, 5.74) is 0.599. The van der Waals surface area contributed by atoms with Crippen LogP contribution in [0.1, 0.15) is 30.1 Å². The Balaban J connectivity index is 1.61. The molecule has 0 amide bonds. The molecule has 2 aromatic carbocycles. The number of carbonyl (C=O) groups excluding carboxylic acids is 1. The first-order valence-electron chi connectivity index (χ1n) is 11.3. The van der Waals surface area contributed by atoms with Gasteiger partial charge < -0.3 is 18.9 Å². The predicted octanol–water partition coefficient (Wildman–Crippen LogP) is 7.19. The van der Waals surface area contributed by atoms with Gasteiger partial charge in [-0.2, -0.15) is 8.78 Å². The molecule has 3 aromatic rings. The minimum Gasteiger partial charge on any atom is -0.489 e. The van der Waals surface area contributed by atoms with Gasteiger partial charge in [0.15, 0.2) is 11.5 Å². The molecule has 1 unspecified atom stereocenters. The monoisotopic (exact) mass is 568 g/mol. The van der Waals surface area contributed by atoms with Crippen LogP contribution in [-0.4, -0.2) is 29.3 Å². The summed E-state index contributed by atoms with van der Waals surface area (Å²) in [6.45, 7) is -2.75. The number of hydrogen-bond donors (Lipinski definition) is 0. The summed E-state index contributed by atoms with van der Waals surface area (Å²) in [4.78, 5) is 26.8. The van der Waals surface area contributed by atoms with E-state index in [1.54, 1.807) is 0 Å². The molecule has 4 rings (SSSR count). The highest BCUT2D eigenvalue weighted by atomic mass is 35.5. The van der Waals surface area contributed by atoms with Crippen molar-refractivity contribution in [1.29, 1.82) is 0 Å². The first kappa shape index (κ1) is 27.3. The standard InChI is InChI=1S/C25H20Cl2F2N2O7/c26-19-11-30-12-20(27)18(19)10-22(38-25(32)36-17-6-4-16(5-7-17)31(33)34)15-3-8-21(37-24(28)29)23(9-15)35-13-14-1-2-14/h3-9,11-12,14,22,24H,1-2,10,13H2. The molecule has 1 aliphatic rings. The van der Waals surface area contributed by atoms with Crippen LogP contribution in [0, 0.1) is 16.0 Å². The molecule has 1 aliphatic carbocycles. The highest BCUT2D eigenvalue weighted by molar-refractivity contribution is 6.35. The maximum absolute atomic E-state index is 13.0. The highest BCUT2D eigenvalue weighted by Crippen LogP contribution is 2.38. The van der Waals surface area contributed by atoms with Gasteiger partial charge in [0.1, 0.15) is 11.9 Å². The second kappa shape index (κ2) is 12.2. The molecule has 0 N–H and O–H groups in total. The number of hydrogen-bond acceptors (Lipinski definition) is 8. The lowest BCUT2D eigenvalue weighted by atomic mass is 10.0. The van der Waals surface area contributed by atoms with Gasteiger partial charge in [-0.1, -0.05) is 29.3 Å². The Morgan fingerprint density at radius 1 is 1.08 bits per heavy atom. The Morgan fingerprint density at radius 2 is 1.76 bits per heavy atom. The summed E-state index contributed by atoms with van der Waals surface area (Å²) >= 11 is 12.5. The first-order valence-corrected chi connectivity index (χ1v) is 12.1. The molecular formula is C25H20Cl2F2N2O7. The number of benzene rings is 2. The fourth-order valence-corrected chi connectivity index (χ4v) is 3.96. The number of halogens is 4. The van der Waals surface area contributed by atoms with Crippen LogP contribution in [0.5, 0.6) is 17.2 Å². The van der Waals surface area contributed by atoms with Crippen LogP contribution in [0.15, 0.2) is 54.9 Å². The van der Waals surface area contributed by atoms with Gasteiger partial charge in [-0.15, -0.1) is 0 Å². The van der Waals surface area contributed by atoms with E-state index in [9.17, 15) is 23.7 Å². The molecule has 9 nitrogen and oxygen atoms in total. The van der Waals surface area contributed by atoms with Gasteiger partial charge in [0.05, 0.1) is 21.6 Å². The minimum atomic E-state index is -3.07. The topological polar surface area (TPSA) is 110 Å². The van der Waals surface area contributed by atoms with Crippen LogP contribution in [0.4, 0.5) is 19.3 Å². The molecule has 13 heteroatoms. The zero-order valence-electron chi connectivity index (χ0n) is 19.5. The molecule has 38 heavy (non-hydrogen) atoms. The van der Waals surface area contributed by atoms with Gasteiger partial charge in [0.2, 0.25) is 0 Å². The van der Waals surface area contributed by atoms with E-state index < -0.39 is 23.8 Å². The zero-order valence-corrected chi connectivity index (χ0v) is 21.0. The number of nitro benzene ring substituents is 1. The third kappa shape index (κ3) is 7.42. The van der Waals surface area contributed by atoms with E-state index in [1.165, 1.54) is 54.9 Å². The zero-order chi connectivity index (χ0) is 27.2. The SMILES string of the molecule is O=C(Oc1ccc([N+](=O)[O-])cc1)OC(Cc1c(Cl)cncc1Cl)c1ccc(OC(F)F)c(OCC2CC2)c1. The summed E-state index contributed by atoms with van der Waals surface area (Å²) in [5, 5.41) is 11.3. The maximum atomic E-state index is 13.0. The minimum absolute atomic E-state index is 0.00784. The van der Waals surface area contributed by atoms with Gasteiger partial charge in [-0.3, -0.25) is 15.1 Å². The third-order valence-electron chi connectivity index (χ3n) is 5.56. The molecule has 1 fully saturated rings. The van der Waals surface area contributed by atoms with E-state index in [1.807, 2.05) is 0 Å². The molecule has 1 aromatic heterocycles. The fraction of sp³-hybridized carbons (Fsp3) is 0.280. The van der Waals surface area contributed by atoms with Crippen molar-refractivity contribution in [2.45, 2.75) is 32.0 Å². The second-order valence-electron chi connectivity index (χ2n) is 8.33. The summed E-state index contributed by atoms with van der Waals surface area (Å²) in [7, 11) is 0. The molecule has 1 heterocycles. The Morgan fingerprint density at radius 3 is 2.37 bits per heavy atom. The van der Waals surface area contributed by atoms with Crippen molar-refractivity contribution < 1.29 is 37.4 Å². The molecule has 0 aliphatic heterocycles. The summed E-state index contributed by atoms with van der Waals surface area (Å²) in [5.74, 6) is 0.222. The van der Waals surface area contributed by atoms with E-state index in [0.29, 0.717) is 23.7 Å². The number of pyridine rings is 1. The van der Waals surface area contributed by atoms with Gasteiger partial charge >= 0.3 is 12.8 Å². The van der Waals surface area contributed by atoms with E-state index in [0.717, 1.165) is 12.8 Å². The lowest BCUT2D eigenvalue weighted by Gasteiger charge is -2.21. The number of aromatic nitrogens is 1. The van der Waals surface area contributed by atoms with Crippen molar-refractivity contribution in [3.8, 4) is 17.2 Å². The van der Waals surface area contributed by atoms with Crippen LogP contribution in [0.3, 0.4) is 0 Å². The van der Waals surface area contributed by atoms with Crippen molar-refractivity contribution in [3.63, 3.8) is 0 Å². The average Bonchev–Trinajstić information content (AvgIpc) is 3.69. The number of rotatable bonds is 11. The molecular weight excluding hydrogens is 549 g/mol. The molecule has 1 atom stereocenters.